The molecule has 110 valence electrons. The lowest BCUT2D eigenvalue weighted by Crippen LogP contribution is -2.42. The lowest BCUT2D eigenvalue weighted by atomic mass is 10.1. The molecule has 0 bridgehead atoms. The number of nitrogens with two attached hydrogens (primary N) is 1. The van der Waals surface area contributed by atoms with Crippen molar-refractivity contribution in [2.45, 2.75) is 19.4 Å². The van der Waals surface area contributed by atoms with E-state index in [-0.39, 0.29) is 11.9 Å². The van der Waals surface area contributed by atoms with Gasteiger partial charge in [-0.2, -0.15) is 0 Å². The molecule has 5 heteroatoms. The summed E-state index contributed by atoms with van der Waals surface area (Å²) in [6, 6.07) is 5.49. The zero-order valence-electron chi connectivity index (χ0n) is 12.4. The molecular weight excluding hydrogens is 254 g/mol. The molecule has 2 rings (SSSR count). The van der Waals surface area contributed by atoms with Gasteiger partial charge in [0.1, 0.15) is 0 Å². The average molecular weight is 277 g/mol. The van der Waals surface area contributed by atoms with Crippen molar-refractivity contribution in [3.05, 3.63) is 23.8 Å². The second-order valence-corrected chi connectivity index (χ2v) is 5.39. The Hall–Kier alpha value is -1.75. The molecule has 1 unspecified atom stereocenters. The Morgan fingerprint density at radius 1 is 1.40 bits per heavy atom. The summed E-state index contributed by atoms with van der Waals surface area (Å²) in [6.07, 6.45) is 0.983. The minimum Gasteiger partial charge on any atom is -0.494 e. The Morgan fingerprint density at radius 2 is 2.15 bits per heavy atom. The van der Waals surface area contributed by atoms with Crippen molar-refractivity contribution < 1.29 is 9.53 Å². The highest BCUT2D eigenvalue weighted by molar-refractivity contribution is 5.98. The van der Waals surface area contributed by atoms with Crippen LogP contribution in [0.25, 0.3) is 0 Å². The van der Waals surface area contributed by atoms with Gasteiger partial charge in [0.15, 0.2) is 5.75 Å². The molecule has 1 aromatic carbocycles. The number of anilines is 1. The van der Waals surface area contributed by atoms with E-state index in [2.05, 4.69) is 18.9 Å². The maximum Gasteiger partial charge on any atom is 0.257 e. The predicted molar refractivity (Wildman–Crippen MR) is 80.0 cm³/mol. The van der Waals surface area contributed by atoms with E-state index in [1.807, 2.05) is 4.90 Å². The monoisotopic (exact) mass is 277 g/mol. The fraction of sp³-hybridized carbons (Fsp3) is 0.533. The molecule has 1 aliphatic heterocycles. The number of carbonyl (C=O) groups excluding carboxylic acids is 1. The number of rotatable bonds is 2. The van der Waals surface area contributed by atoms with E-state index in [4.69, 9.17) is 10.5 Å². The van der Waals surface area contributed by atoms with Gasteiger partial charge in [0.25, 0.3) is 5.91 Å². The van der Waals surface area contributed by atoms with Crippen molar-refractivity contribution in [3.8, 4) is 5.75 Å². The Morgan fingerprint density at radius 3 is 2.85 bits per heavy atom. The van der Waals surface area contributed by atoms with Crippen LogP contribution >= 0.6 is 0 Å². The van der Waals surface area contributed by atoms with Crippen LogP contribution in [0.4, 0.5) is 5.69 Å². The molecule has 0 saturated carbocycles. The van der Waals surface area contributed by atoms with Gasteiger partial charge in [0.2, 0.25) is 0 Å². The zero-order valence-corrected chi connectivity index (χ0v) is 12.4. The Labute approximate surface area is 120 Å². The van der Waals surface area contributed by atoms with Gasteiger partial charge >= 0.3 is 0 Å². The summed E-state index contributed by atoms with van der Waals surface area (Å²) in [4.78, 5) is 16.9. The van der Waals surface area contributed by atoms with E-state index in [1.54, 1.807) is 25.3 Å². The molecule has 2 N–H and O–H groups in total. The number of likely N-dealkylation sites (N-methyl/N-ethyl adjacent to an activating group) is 1. The second kappa shape index (κ2) is 6.13. The topological polar surface area (TPSA) is 58.8 Å². The molecule has 0 spiro atoms. The zero-order chi connectivity index (χ0) is 14.7. The number of methoxy groups -OCH3 is 1. The average Bonchev–Trinajstić information content (AvgIpc) is 2.58. The molecule has 1 heterocycles. The highest BCUT2D eigenvalue weighted by atomic mass is 16.5. The molecule has 20 heavy (non-hydrogen) atoms. The molecule has 1 atom stereocenters. The third-order valence-electron chi connectivity index (χ3n) is 3.79. The van der Waals surface area contributed by atoms with Crippen molar-refractivity contribution >= 4 is 11.6 Å². The van der Waals surface area contributed by atoms with Gasteiger partial charge < -0.3 is 20.3 Å². The van der Waals surface area contributed by atoms with Gasteiger partial charge in [-0.3, -0.25) is 4.79 Å². The summed E-state index contributed by atoms with van der Waals surface area (Å²) >= 11 is 0. The summed E-state index contributed by atoms with van der Waals surface area (Å²) in [5, 5.41) is 0. The number of ether oxygens (including phenoxy) is 1. The Balaban J connectivity index is 2.28. The first-order valence-electron chi connectivity index (χ1n) is 6.96. The van der Waals surface area contributed by atoms with Gasteiger partial charge in [-0.1, -0.05) is 6.07 Å². The standard InChI is InChI=1S/C15H23N3O2/c1-11-10-17(2)8-5-9-18(11)15(19)12-6-4-7-13(16)14(12)20-3/h4,6-7,11H,5,8-10,16H2,1-3H3. The fourth-order valence-electron chi connectivity index (χ4n) is 2.78. The number of hydrogen-bond donors (Lipinski definition) is 1. The summed E-state index contributed by atoms with van der Waals surface area (Å²) in [5.41, 5.74) is 6.93. The number of benzene rings is 1. The lowest BCUT2D eigenvalue weighted by Gasteiger charge is -2.28. The number of hydrogen-bond acceptors (Lipinski definition) is 4. The van der Waals surface area contributed by atoms with Crippen molar-refractivity contribution in [2.75, 3.05) is 39.5 Å². The summed E-state index contributed by atoms with van der Waals surface area (Å²) in [5.74, 6) is 0.472. The molecule has 1 amide bonds. The summed E-state index contributed by atoms with van der Waals surface area (Å²) in [6.45, 7) is 4.75. The molecule has 1 aromatic rings. The van der Waals surface area contributed by atoms with Crippen LogP contribution in [0.3, 0.4) is 0 Å². The maximum atomic E-state index is 12.8. The van der Waals surface area contributed by atoms with Crippen LogP contribution in [0.1, 0.15) is 23.7 Å². The van der Waals surface area contributed by atoms with Gasteiger partial charge in [0.05, 0.1) is 18.4 Å². The molecule has 1 fully saturated rings. The third-order valence-corrected chi connectivity index (χ3v) is 3.79. The van der Waals surface area contributed by atoms with Crippen molar-refractivity contribution in [1.82, 2.24) is 9.80 Å². The van der Waals surface area contributed by atoms with Gasteiger partial charge in [-0.15, -0.1) is 0 Å². The molecule has 0 aliphatic carbocycles. The predicted octanol–water partition coefficient (Wildman–Crippen LogP) is 1.44. The largest absolute Gasteiger partial charge is 0.494 e. The maximum absolute atomic E-state index is 12.8. The molecular formula is C15H23N3O2. The smallest absolute Gasteiger partial charge is 0.257 e. The van der Waals surface area contributed by atoms with Crippen LogP contribution in [-0.2, 0) is 0 Å². The van der Waals surface area contributed by atoms with E-state index in [0.29, 0.717) is 17.0 Å². The summed E-state index contributed by atoms with van der Waals surface area (Å²) < 4.78 is 5.29. The van der Waals surface area contributed by atoms with Crippen molar-refractivity contribution in [3.63, 3.8) is 0 Å². The van der Waals surface area contributed by atoms with Crippen LogP contribution in [0.5, 0.6) is 5.75 Å². The lowest BCUT2D eigenvalue weighted by molar-refractivity contribution is 0.0693. The van der Waals surface area contributed by atoms with Gasteiger partial charge in [-0.05, 0) is 39.1 Å². The minimum absolute atomic E-state index is 0.00282. The van der Waals surface area contributed by atoms with Crippen LogP contribution in [0.2, 0.25) is 0 Å². The molecule has 0 radical (unpaired) electrons. The Kier molecular flexibility index (Phi) is 4.49. The SMILES string of the molecule is COc1c(N)cccc1C(=O)N1CCCN(C)CC1C. The highest BCUT2D eigenvalue weighted by Gasteiger charge is 2.27. The van der Waals surface area contributed by atoms with Crippen LogP contribution in [0, 0.1) is 0 Å². The molecule has 1 aliphatic rings. The third kappa shape index (κ3) is 2.88. The molecule has 0 aromatic heterocycles. The fourth-order valence-corrected chi connectivity index (χ4v) is 2.78. The minimum atomic E-state index is -0.00282. The van der Waals surface area contributed by atoms with Crippen LogP contribution in [0.15, 0.2) is 18.2 Å². The van der Waals surface area contributed by atoms with E-state index in [9.17, 15) is 4.79 Å². The molecule has 1 saturated heterocycles. The quantitative estimate of drug-likeness (QED) is 0.831. The van der Waals surface area contributed by atoms with Gasteiger partial charge in [0, 0.05) is 19.1 Å². The normalized spacial score (nSPS) is 20.6. The van der Waals surface area contributed by atoms with E-state index in [1.165, 1.54) is 0 Å². The first-order chi connectivity index (χ1) is 9.54. The number of amides is 1. The number of nitrogen functional groups attached to an aromatic ring is 1. The Bertz CT molecular complexity index is 490. The van der Waals surface area contributed by atoms with Gasteiger partial charge in [-0.25, -0.2) is 0 Å². The van der Waals surface area contributed by atoms with Crippen molar-refractivity contribution in [1.29, 1.82) is 0 Å². The summed E-state index contributed by atoms with van der Waals surface area (Å²) in [7, 11) is 3.63. The highest BCUT2D eigenvalue weighted by Crippen LogP contribution is 2.28. The first-order valence-corrected chi connectivity index (χ1v) is 6.96. The van der Waals surface area contributed by atoms with E-state index < -0.39 is 0 Å². The van der Waals surface area contributed by atoms with Crippen LogP contribution < -0.4 is 10.5 Å². The first kappa shape index (κ1) is 14.7. The van der Waals surface area contributed by atoms with Crippen molar-refractivity contribution in [2.24, 2.45) is 0 Å². The second-order valence-electron chi connectivity index (χ2n) is 5.39. The van der Waals surface area contributed by atoms with E-state index >= 15 is 0 Å². The molecule has 5 nitrogen and oxygen atoms in total. The van der Waals surface area contributed by atoms with E-state index in [0.717, 1.165) is 26.1 Å². The number of para-hydroxylation sites is 1. The number of carbonyl (C=O) groups is 1. The van der Waals surface area contributed by atoms with Crippen LogP contribution in [-0.4, -0.2) is 55.5 Å². The number of nitrogens with zero attached hydrogens (tertiary/aromatic N) is 2.